The maximum absolute atomic E-state index is 13.6. The summed E-state index contributed by atoms with van der Waals surface area (Å²) >= 11 is 3.22. The van der Waals surface area contributed by atoms with E-state index in [1.165, 1.54) is 25.3 Å². The van der Waals surface area contributed by atoms with Gasteiger partial charge in [-0.25, -0.2) is 4.39 Å². The molecule has 1 aliphatic carbocycles. The molecule has 0 atom stereocenters. The number of carbonyl (C=O) groups is 1. The van der Waals surface area contributed by atoms with Crippen LogP contribution in [0.2, 0.25) is 0 Å². The third kappa shape index (κ3) is 3.91. The van der Waals surface area contributed by atoms with Gasteiger partial charge in [0, 0.05) is 17.3 Å². The first-order valence-electron chi connectivity index (χ1n) is 6.61. The molecule has 0 aliphatic heterocycles. The van der Waals surface area contributed by atoms with Gasteiger partial charge < -0.3 is 0 Å². The van der Waals surface area contributed by atoms with Crippen LogP contribution in [0.3, 0.4) is 0 Å². The van der Waals surface area contributed by atoms with Gasteiger partial charge in [-0.1, -0.05) is 54.1 Å². The molecule has 0 bridgehead atoms. The Morgan fingerprint density at radius 3 is 2.67 bits per heavy atom. The van der Waals surface area contributed by atoms with Crippen molar-refractivity contribution in [3.8, 4) is 0 Å². The molecule has 1 aromatic carbocycles. The number of hydrogen-bond donors (Lipinski definition) is 0. The summed E-state index contributed by atoms with van der Waals surface area (Å²) in [6.45, 7) is 0. The van der Waals surface area contributed by atoms with Crippen molar-refractivity contribution in [1.29, 1.82) is 0 Å². The van der Waals surface area contributed by atoms with Crippen LogP contribution in [0.5, 0.6) is 0 Å². The Bertz CT molecular complexity index is 425. The van der Waals surface area contributed by atoms with Gasteiger partial charge in [0.15, 0.2) is 0 Å². The van der Waals surface area contributed by atoms with Crippen LogP contribution in [-0.4, -0.2) is 5.78 Å². The highest BCUT2D eigenvalue weighted by Crippen LogP contribution is 2.27. The lowest BCUT2D eigenvalue weighted by atomic mass is 9.85. The maximum atomic E-state index is 13.6. The van der Waals surface area contributed by atoms with Crippen LogP contribution in [0.15, 0.2) is 22.7 Å². The molecule has 1 nitrogen and oxygen atoms in total. The molecular weight excluding hydrogens is 295 g/mol. The van der Waals surface area contributed by atoms with Gasteiger partial charge in [-0.2, -0.15) is 0 Å². The number of hydrogen-bond acceptors (Lipinski definition) is 1. The predicted molar refractivity (Wildman–Crippen MR) is 74.0 cm³/mol. The van der Waals surface area contributed by atoms with Crippen molar-refractivity contribution in [3.05, 3.63) is 34.1 Å². The third-order valence-corrected chi connectivity index (χ3v) is 4.14. The fourth-order valence-corrected chi connectivity index (χ4v) is 3.00. The molecule has 1 aromatic rings. The summed E-state index contributed by atoms with van der Waals surface area (Å²) in [7, 11) is 0. The van der Waals surface area contributed by atoms with Crippen LogP contribution in [-0.2, 0) is 11.2 Å². The van der Waals surface area contributed by atoms with E-state index in [1.54, 1.807) is 12.1 Å². The summed E-state index contributed by atoms with van der Waals surface area (Å²) in [5.41, 5.74) is 0.513. The summed E-state index contributed by atoms with van der Waals surface area (Å²) in [5.74, 6) is 0.411. The zero-order valence-corrected chi connectivity index (χ0v) is 12.0. The molecule has 1 fully saturated rings. The van der Waals surface area contributed by atoms with Gasteiger partial charge in [0.05, 0.1) is 0 Å². The highest BCUT2D eigenvalue weighted by molar-refractivity contribution is 9.10. The number of Topliss-reactive ketones (excluding diaryl/α,β-unsaturated/α-hetero) is 1. The second kappa shape index (κ2) is 6.46. The first-order chi connectivity index (χ1) is 8.65. The van der Waals surface area contributed by atoms with Crippen molar-refractivity contribution in [2.45, 2.75) is 44.9 Å². The Hall–Kier alpha value is -0.700. The Morgan fingerprint density at radius 2 is 2.00 bits per heavy atom. The Kier molecular flexibility index (Phi) is 4.93. The topological polar surface area (TPSA) is 17.1 Å². The molecule has 0 amide bonds. The lowest BCUT2D eigenvalue weighted by molar-refractivity contribution is -0.119. The van der Waals surface area contributed by atoms with E-state index < -0.39 is 0 Å². The zero-order chi connectivity index (χ0) is 13.0. The molecule has 3 heteroatoms. The van der Waals surface area contributed by atoms with Crippen molar-refractivity contribution in [3.63, 3.8) is 0 Å². The second-order valence-electron chi connectivity index (χ2n) is 5.16. The molecule has 0 aromatic heterocycles. The fourth-order valence-electron chi connectivity index (χ4n) is 2.66. The molecule has 1 saturated carbocycles. The monoisotopic (exact) mass is 312 g/mol. The molecule has 2 rings (SSSR count). The van der Waals surface area contributed by atoms with Gasteiger partial charge in [0.2, 0.25) is 0 Å². The maximum Gasteiger partial charge on any atom is 0.137 e. The lowest BCUT2D eigenvalue weighted by Gasteiger charge is -2.20. The standard InChI is InChI=1S/C15H18BrFO/c16-13-7-6-12(15(17)10-13)9-14(18)8-11-4-2-1-3-5-11/h6-7,10-11H,1-5,8-9H2. The number of rotatable bonds is 4. The molecule has 0 saturated heterocycles. The van der Waals surface area contributed by atoms with Gasteiger partial charge >= 0.3 is 0 Å². The van der Waals surface area contributed by atoms with Crippen molar-refractivity contribution in [2.75, 3.05) is 0 Å². The Balaban J connectivity index is 1.90. The van der Waals surface area contributed by atoms with E-state index in [9.17, 15) is 9.18 Å². The number of benzene rings is 1. The van der Waals surface area contributed by atoms with E-state index in [-0.39, 0.29) is 18.0 Å². The summed E-state index contributed by atoms with van der Waals surface area (Å²) in [6.07, 6.45) is 6.95. The average Bonchev–Trinajstić information content (AvgIpc) is 2.34. The highest BCUT2D eigenvalue weighted by Gasteiger charge is 2.18. The molecule has 98 valence electrons. The first kappa shape index (κ1) is 13.7. The van der Waals surface area contributed by atoms with E-state index >= 15 is 0 Å². The normalized spacial score (nSPS) is 16.8. The minimum Gasteiger partial charge on any atom is -0.299 e. The van der Waals surface area contributed by atoms with Crippen LogP contribution in [0.25, 0.3) is 0 Å². The van der Waals surface area contributed by atoms with Gasteiger partial charge in [-0.3, -0.25) is 4.79 Å². The predicted octanol–water partition coefficient (Wildman–Crippen LogP) is 4.67. The van der Waals surface area contributed by atoms with Crippen LogP contribution < -0.4 is 0 Å². The molecule has 1 aliphatic rings. The third-order valence-electron chi connectivity index (χ3n) is 3.64. The van der Waals surface area contributed by atoms with Gasteiger partial charge in [0.1, 0.15) is 11.6 Å². The first-order valence-corrected chi connectivity index (χ1v) is 7.40. The molecule has 0 N–H and O–H groups in total. The van der Waals surface area contributed by atoms with E-state index in [0.29, 0.717) is 22.4 Å². The van der Waals surface area contributed by atoms with Crippen LogP contribution >= 0.6 is 15.9 Å². The van der Waals surface area contributed by atoms with Crippen LogP contribution in [0.4, 0.5) is 4.39 Å². The van der Waals surface area contributed by atoms with Gasteiger partial charge in [-0.15, -0.1) is 0 Å². The van der Waals surface area contributed by atoms with Crippen molar-refractivity contribution >= 4 is 21.7 Å². The van der Waals surface area contributed by atoms with Gasteiger partial charge in [-0.05, 0) is 23.6 Å². The molecular formula is C15H18BrFO. The molecule has 0 radical (unpaired) electrons. The van der Waals surface area contributed by atoms with Crippen molar-refractivity contribution in [2.24, 2.45) is 5.92 Å². The zero-order valence-electron chi connectivity index (χ0n) is 10.4. The van der Waals surface area contributed by atoms with Crippen LogP contribution in [0.1, 0.15) is 44.1 Å². The lowest BCUT2D eigenvalue weighted by Crippen LogP contribution is -2.14. The summed E-state index contributed by atoms with van der Waals surface area (Å²) in [6, 6.07) is 4.90. The summed E-state index contributed by atoms with van der Waals surface area (Å²) < 4.78 is 14.3. The fraction of sp³-hybridized carbons (Fsp3) is 0.533. The minimum atomic E-state index is -0.290. The number of ketones is 1. The number of carbonyl (C=O) groups excluding carboxylic acids is 1. The van der Waals surface area contributed by atoms with E-state index in [4.69, 9.17) is 0 Å². The van der Waals surface area contributed by atoms with Crippen LogP contribution in [0, 0.1) is 11.7 Å². The van der Waals surface area contributed by atoms with E-state index in [1.807, 2.05) is 0 Å². The molecule has 18 heavy (non-hydrogen) atoms. The largest absolute Gasteiger partial charge is 0.299 e. The molecule has 0 heterocycles. The molecule has 0 unspecified atom stereocenters. The van der Waals surface area contributed by atoms with E-state index in [2.05, 4.69) is 15.9 Å². The smallest absolute Gasteiger partial charge is 0.137 e. The number of halogens is 2. The van der Waals surface area contributed by atoms with Crippen molar-refractivity contribution < 1.29 is 9.18 Å². The highest BCUT2D eigenvalue weighted by atomic mass is 79.9. The van der Waals surface area contributed by atoms with Crippen molar-refractivity contribution in [1.82, 2.24) is 0 Å². The minimum absolute atomic E-state index is 0.170. The quantitative estimate of drug-likeness (QED) is 0.789. The second-order valence-corrected chi connectivity index (χ2v) is 6.08. The summed E-state index contributed by atoms with van der Waals surface area (Å²) in [4.78, 5) is 11.9. The average molecular weight is 313 g/mol. The Labute approximate surface area is 116 Å². The molecule has 0 spiro atoms. The van der Waals surface area contributed by atoms with E-state index in [0.717, 1.165) is 12.8 Å². The van der Waals surface area contributed by atoms with Gasteiger partial charge in [0.25, 0.3) is 0 Å². The summed E-state index contributed by atoms with van der Waals surface area (Å²) in [5, 5.41) is 0. The Morgan fingerprint density at radius 1 is 1.28 bits per heavy atom. The SMILES string of the molecule is O=C(Cc1ccc(Br)cc1F)CC1CCCCC1.